The van der Waals surface area contributed by atoms with Crippen LogP contribution in [-0.2, 0) is 14.8 Å². The van der Waals surface area contributed by atoms with E-state index in [1.807, 2.05) is 0 Å². The number of benzene rings is 2. The highest BCUT2D eigenvalue weighted by atomic mass is 32.2. The lowest BCUT2D eigenvalue weighted by atomic mass is 10.2. The molecule has 1 N–H and O–H groups in total. The molecule has 0 unspecified atom stereocenters. The molecule has 11 heteroatoms. The molecule has 2 rings (SSSR count). The average Bonchev–Trinajstić information content (AvgIpc) is 2.61. The number of nitrogens with one attached hydrogen (secondary N) is 1. The molecule has 0 aliphatic heterocycles. The Morgan fingerprint density at radius 2 is 1.73 bits per heavy atom. The maximum atomic E-state index is 12.7. The van der Waals surface area contributed by atoms with Crippen LogP contribution in [0.4, 0.5) is 24.5 Å². The lowest BCUT2D eigenvalue weighted by molar-refractivity contribution is -0.274. The fourth-order valence-electron chi connectivity index (χ4n) is 2.74. The summed E-state index contributed by atoms with van der Waals surface area (Å²) < 4.78 is 71.6. The third-order valence-corrected chi connectivity index (χ3v) is 5.24. The Morgan fingerprint density at radius 3 is 2.23 bits per heavy atom. The van der Waals surface area contributed by atoms with Gasteiger partial charge in [0.1, 0.15) is 17.5 Å². The number of aryl methyl sites for hydroxylation is 1. The minimum absolute atomic E-state index is 0.172. The number of anilines is 2. The molecule has 0 aliphatic rings. The van der Waals surface area contributed by atoms with Gasteiger partial charge in [0.05, 0.1) is 19.1 Å². The maximum Gasteiger partial charge on any atom is 0.573 e. The molecule has 30 heavy (non-hydrogen) atoms. The Hall–Kier alpha value is -2.95. The fraction of sp³-hybridized carbons (Fsp3) is 0.316. The molecular weight excluding hydrogens is 425 g/mol. The van der Waals surface area contributed by atoms with Gasteiger partial charge in [0.25, 0.3) is 0 Å². The van der Waals surface area contributed by atoms with Crippen molar-refractivity contribution < 1.29 is 35.9 Å². The Balaban J connectivity index is 2.28. The Kier molecular flexibility index (Phi) is 6.86. The van der Waals surface area contributed by atoms with Gasteiger partial charge in [-0.2, -0.15) is 0 Å². The van der Waals surface area contributed by atoms with Crippen LogP contribution in [0.5, 0.6) is 11.5 Å². The fourth-order valence-corrected chi connectivity index (χ4v) is 3.91. The number of carbonyl (C=O) groups excluding carboxylic acids is 1. The first kappa shape index (κ1) is 23.3. The zero-order chi connectivity index (χ0) is 22.7. The summed E-state index contributed by atoms with van der Waals surface area (Å²) in [5.74, 6) is -0.872. The normalized spacial score (nSPS) is 12.8. The van der Waals surface area contributed by atoms with Gasteiger partial charge in [-0.25, -0.2) is 8.42 Å². The van der Waals surface area contributed by atoms with Crippen molar-refractivity contribution in [1.82, 2.24) is 0 Å². The second-order valence-electron chi connectivity index (χ2n) is 6.47. The number of hydrogen-bond acceptors (Lipinski definition) is 5. The van der Waals surface area contributed by atoms with Gasteiger partial charge < -0.3 is 14.8 Å². The van der Waals surface area contributed by atoms with Crippen LogP contribution >= 0.6 is 0 Å². The molecular formula is C19H21F3N2O5S. The first-order valence-electron chi connectivity index (χ1n) is 8.62. The topological polar surface area (TPSA) is 84.9 Å². The molecule has 7 nitrogen and oxygen atoms in total. The van der Waals surface area contributed by atoms with Crippen LogP contribution in [0.2, 0.25) is 0 Å². The van der Waals surface area contributed by atoms with E-state index in [4.69, 9.17) is 4.74 Å². The lowest BCUT2D eigenvalue weighted by Gasteiger charge is -2.29. The number of rotatable bonds is 7. The molecule has 1 amide bonds. The second kappa shape index (κ2) is 8.82. The molecule has 0 saturated carbocycles. The zero-order valence-electron chi connectivity index (χ0n) is 16.6. The highest BCUT2D eigenvalue weighted by Gasteiger charge is 2.32. The minimum atomic E-state index is -4.83. The predicted molar refractivity (Wildman–Crippen MR) is 106 cm³/mol. The van der Waals surface area contributed by atoms with E-state index in [-0.39, 0.29) is 17.1 Å². The van der Waals surface area contributed by atoms with Crippen LogP contribution in [0.15, 0.2) is 42.5 Å². The van der Waals surface area contributed by atoms with Gasteiger partial charge >= 0.3 is 6.36 Å². The van der Waals surface area contributed by atoms with E-state index < -0.39 is 34.1 Å². The molecule has 0 heterocycles. The van der Waals surface area contributed by atoms with E-state index in [9.17, 15) is 26.4 Å². The first-order valence-corrected chi connectivity index (χ1v) is 10.5. The van der Waals surface area contributed by atoms with Crippen LogP contribution in [0.1, 0.15) is 12.5 Å². The number of hydrogen-bond donors (Lipinski definition) is 1. The van der Waals surface area contributed by atoms with Crippen LogP contribution in [0.25, 0.3) is 0 Å². The molecule has 0 aliphatic carbocycles. The summed E-state index contributed by atoms with van der Waals surface area (Å²) in [7, 11) is -2.50. The van der Waals surface area contributed by atoms with Crippen LogP contribution < -0.4 is 19.1 Å². The molecule has 0 bridgehead atoms. The molecule has 0 aromatic heterocycles. The van der Waals surface area contributed by atoms with E-state index >= 15 is 0 Å². The quantitative estimate of drug-likeness (QED) is 0.701. The first-order chi connectivity index (χ1) is 13.8. The number of sulfonamides is 1. The number of amides is 1. The minimum Gasteiger partial charge on any atom is -0.495 e. The van der Waals surface area contributed by atoms with E-state index in [0.29, 0.717) is 0 Å². The summed E-state index contributed by atoms with van der Waals surface area (Å²) in [6, 6.07) is 8.21. The van der Waals surface area contributed by atoms with Crippen molar-refractivity contribution in [3.63, 3.8) is 0 Å². The van der Waals surface area contributed by atoms with Crippen LogP contribution in [0, 0.1) is 6.92 Å². The highest BCUT2D eigenvalue weighted by Crippen LogP contribution is 2.33. The number of methoxy groups -OCH3 is 1. The number of carbonyl (C=O) groups is 1. The molecule has 0 saturated heterocycles. The smallest absolute Gasteiger partial charge is 0.495 e. The maximum absolute atomic E-state index is 12.7. The molecule has 2 aromatic carbocycles. The summed E-state index contributed by atoms with van der Waals surface area (Å²) in [4.78, 5) is 12.7. The Morgan fingerprint density at radius 1 is 1.13 bits per heavy atom. The van der Waals surface area contributed by atoms with Crippen molar-refractivity contribution in [2.75, 3.05) is 23.0 Å². The van der Waals surface area contributed by atoms with Crippen LogP contribution in [0.3, 0.4) is 0 Å². The SMILES string of the molecule is COc1ccc(C)cc1N([C@@H](C)C(=O)Nc1ccc(OC(F)(F)F)cc1)S(C)(=O)=O. The number of alkyl halides is 3. The van der Waals surface area contributed by atoms with Crippen molar-refractivity contribution in [3.8, 4) is 11.5 Å². The van der Waals surface area contributed by atoms with Gasteiger partial charge in [0, 0.05) is 5.69 Å². The van der Waals surface area contributed by atoms with Crippen molar-refractivity contribution in [2.24, 2.45) is 0 Å². The largest absolute Gasteiger partial charge is 0.573 e. The average molecular weight is 446 g/mol. The van der Waals surface area contributed by atoms with Crippen molar-refractivity contribution in [1.29, 1.82) is 0 Å². The number of nitrogens with zero attached hydrogens (tertiary/aromatic N) is 1. The summed E-state index contributed by atoms with van der Waals surface area (Å²) in [5.41, 5.74) is 1.12. The molecule has 1 atom stereocenters. The summed E-state index contributed by atoms with van der Waals surface area (Å²) in [6.45, 7) is 3.15. The van der Waals surface area contributed by atoms with E-state index in [0.717, 1.165) is 28.3 Å². The van der Waals surface area contributed by atoms with E-state index in [2.05, 4.69) is 10.1 Å². The number of halogens is 3. The van der Waals surface area contributed by atoms with E-state index in [1.54, 1.807) is 25.1 Å². The third-order valence-electron chi connectivity index (χ3n) is 4.02. The van der Waals surface area contributed by atoms with Crippen molar-refractivity contribution in [2.45, 2.75) is 26.3 Å². The van der Waals surface area contributed by atoms with Gasteiger partial charge in [-0.1, -0.05) is 6.07 Å². The molecule has 0 fully saturated rings. The predicted octanol–water partition coefficient (Wildman–Crippen LogP) is 3.70. The summed E-state index contributed by atoms with van der Waals surface area (Å²) in [5, 5.41) is 2.48. The monoisotopic (exact) mass is 446 g/mol. The van der Waals surface area contributed by atoms with Gasteiger partial charge in [0.2, 0.25) is 15.9 Å². The molecule has 0 radical (unpaired) electrons. The standard InChI is InChI=1S/C19H21F3N2O5S/c1-12-5-10-17(28-3)16(11-12)24(30(4,26)27)13(2)18(25)23-14-6-8-15(9-7-14)29-19(20,21)22/h5-11,13H,1-4H3,(H,23,25)/t13-/m0/s1. The lowest BCUT2D eigenvalue weighted by Crippen LogP contribution is -2.45. The summed E-state index contributed by atoms with van der Waals surface area (Å²) in [6.07, 6.45) is -3.87. The number of ether oxygens (including phenoxy) is 2. The summed E-state index contributed by atoms with van der Waals surface area (Å²) >= 11 is 0. The highest BCUT2D eigenvalue weighted by molar-refractivity contribution is 7.92. The Labute approximate surface area is 172 Å². The van der Waals surface area contributed by atoms with Gasteiger partial charge in [-0.15, -0.1) is 13.2 Å². The van der Waals surface area contributed by atoms with Gasteiger partial charge in [0.15, 0.2) is 0 Å². The molecule has 2 aromatic rings. The van der Waals surface area contributed by atoms with E-state index in [1.165, 1.54) is 26.2 Å². The Bertz CT molecular complexity index is 1010. The molecule has 164 valence electrons. The molecule has 0 spiro atoms. The van der Waals surface area contributed by atoms with Gasteiger partial charge in [-0.05, 0) is 55.8 Å². The zero-order valence-corrected chi connectivity index (χ0v) is 17.5. The van der Waals surface area contributed by atoms with Crippen molar-refractivity contribution in [3.05, 3.63) is 48.0 Å². The van der Waals surface area contributed by atoms with Crippen molar-refractivity contribution >= 4 is 27.3 Å². The third kappa shape index (κ3) is 6.02. The van der Waals surface area contributed by atoms with Crippen LogP contribution in [-0.4, -0.2) is 40.1 Å². The van der Waals surface area contributed by atoms with Gasteiger partial charge in [-0.3, -0.25) is 9.10 Å². The second-order valence-corrected chi connectivity index (χ2v) is 8.33.